The van der Waals surface area contributed by atoms with Crippen LogP contribution in [0.4, 0.5) is 22.7 Å². The van der Waals surface area contributed by atoms with E-state index in [4.69, 9.17) is 9.47 Å². The van der Waals surface area contributed by atoms with E-state index < -0.39 is 9.85 Å². The van der Waals surface area contributed by atoms with E-state index in [0.717, 1.165) is 0 Å². The van der Waals surface area contributed by atoms with Gasteiger partial charge in [-0.15, -0.1) is 0 Å². The van der Waals surface area contributed by atoms with Gasteiger partial charge in [0.05, 0.1) is 36.2 Å². The van der Waals surface area contributed by atoms with E-state index in [9.17, 15) is 20.2 Å². The number of benzene rings is 2. The number of nitro benzene ring substituents is 2. The molecule has 10 heteroatoms. The third-order valence-corrected chi connectivity index (χ3v) is 3.42. The maximum absolute atomic E-state index is 11.1. The smallest absolute Gasteiger partial charge is 0.298 e. The largest absolute Gasteiger partial charge is 0.496 e. The number of hydrogen-bond acceptors (Lipinski definition) is 8. The molecular formula is C17H16N4O6. The molecule has 0 aromatic heterocycles. The average Bonchev–Trinajstić information content (AvgIpc) is 2.67. The highest BCUT2D eigenvalue weighted by atomic mass is 16.6. The van der Waals surface area contributed by atoms with Gasteiger partial charge >= 0.3 is 0 Å². The number of nitrogens with one attached hydrogen (secondary N) is 1. The summed E-state index contributed by atoms with van der Waals surface area (Å²) in [5.41, 5.74) is 0.0706. The monoisotopic (exact) mass is 372 g/mol. The zero-order valence-corrected chi connectivity index (χ0v) is 14.5. The quantitative estimate of drug-likeness (QED) is 0.423. The molecule has 10 nitrogen and oxygen atoms in total. The van der Waals surface area contributed by atoms with Crippen LogP contribution in [0.2, 0.25) is 0 Å². The summed E-state index contributed by atoms with van der Waals surface area (Å²) in [5.74, 6) is 0.717. The molecule has 0 aliphatic rings. The Balaban J connectivity index is 2.13. The highest BCUT2D eigenvalue weighted by Crippen LogP contribution is 2.31. The van der Waals surface area contributed by atoms with Gasteiger partial charge in [-0.1, -0.05) is 0 Å². The van der Waals surface area contributed by atoms with Crippen LogP contribution < -0.4 is 14.8 Å². The van der Waals surface area contributed by atoms with Crippen LogP contribution in [0.3, 0.4) is 0 Å². The van der Waals surface area contributed by atoms with Gasteiger partial charge < -0.3 is 14.8 Å². The zero-order chi connectivity index (χ0) is 19.8. The maximum atomic E-state index is 11.1. The summed E-state index contributed by atoms with van der Waals surface area (Å²) < 4.78 is 9.92. The van der Waals surface area contributed by atoms with Crippen LogP contribution in [-0.2, 0) is 0 Å². The second-order valence-corrected chi connectivity index (χ2v) is 5.03. The fourth-order valence-electron chi connectivity index (χ4n) is 2.10. The molecule has 0 aliphatic heterocycles. The van der Waals surface area contributed by atoms with Crippen LogP contribution in [0.5, 0.6) is 11.5 Å². The molecule has 0 aliphatic carbocycles. The Hall–Kier alpha value is -3.95. The normalized spacial score (nSPS) is 10.9. The molecule has 1 N–H and O–H groups in total. The molecule has 0 amide bonds. The van der Waals surface area contributed by atoms with Crippen molar-refractivity contribution in [3.8, 4) is 11.5 Å². The fourth-order valence-corrected chi connectivity index (χ4v) is 2.10. The van der Waals surface area contributed by atoms with Crippen LogP contribution in [0.1, 0.15) is 0 Å². The predicted molar refractivity (Wildman–Crippen MR) is 100 cm³/mol. The Morgan fingerprint density at radius 3 is 2.15 bits per heavy atom. The molecule has 0 saturated heterocycles. The molecule has 0 bridgehead atoms. The Morgan fingerprint density at radius 1 is 0.963 bits per heavy atom. The first-order valence-electron chi connectivity index (χ1n) is 7.57. The van der Waals surface area contributed by atoms with Crippen LogP contribution in [-0.4, -0.2) is 30.3 Å². The van der Waals surface area contributed by atoms with E-state index >= 15 is 0 Å². The van der Waals surface area contributed by atoms with Gasteiger partial charge in [0.2, 0.25) is 0 Å². The van der Waals surface area contributed by atoms with Gasteiger partial charge in [-0.2, -0.15) is 0 Å². The van der Waals surface area contributed by atoms with Crippen molar-refractivity contribution in [1.82, 2.24) is 0 Å². The Bertz CT molecular complexity index is 910. The Labute approximate surface area is 154 Å². The van der Waals surface area contributed by atoms with Gasteiger partial charge in [0, 0.05) is 12.4 Å². The van der Waals surface area contributed by atoms with Crippen LogP contribution >= 0.6 is 0 Å². The minimum Gasteiger partial charge on any atom is -0.496 e. The second-order valence-electron chi connectivity index (χ2n) is 5.03. The summed E-state index contributed by atoms with van der Waals surface area (Å²) in [5, 5.41) is 25.0. The molecular weight excluding hydrogens is 356 g/mol. The first-order chi connectivity index (χ1) is 13.0. The lowest BCUT2D eigenvalue weighted by atomic mass is 10.2. The number of hydrogen-bond donors (Lipinski definition) is 1. The third kappa shape index (κ3) is 5.01. The second kappa shape index (κ2) is 8.94. The Morgan fingerprint density at radius 2 is 1.56 bits per heavy atom. The lowest BCUT2D eigenvalue weighted by molar-refractivity contribution is -0.384. The first-order valence-corrected chi connectivity index (χ1v) is 7.57. The SMILES string of the molecule is COc1ccc(N=CC=CNc2ccc(OC)cc2[N+](=O)[O-])c([N+](=O)[O-])c1. The summed E-state index contributed by atoms with van der Waals surface area (Å²) in [6, 6.07) is 8.68. The van der Waals surface area contributed by atoms with E-state index in [2.05, 4.69) is 10.3 Å². The average molecular weight is 372 g/mol. The molecule has 0 spiro atoms. The maximum Gasteiger partial charge on any atom is 0.298 e. The number of nitro groups is 2. The molecule has 0 heterocycles. The van der Waals surface area contributed by atoms with Crippen molar-refractivity contribution >= 4 is 29.0 Å². The fraction of sp³-hybridized carbons (Fsp3) is 0.118. The highest BCUT2D eigenvalue weighted by Gasteiger charge is 2.15. The zero-order valence-electron chi connectivity index (χ0n) is 14.5. The van der Waals surface area contributed by atoms with Crippen LogP contribution in [0.25, 0.3) is 0 Å². The van der Waals surface area contributed by atoms with Crippen molar-refractivity contribution in [2.75, 3.05) is 19.5 Å². The first kappa shape index (κ1) is 19.4. The van der Waals surface area contributed by atoms with Crippen LogP contribution in [0, 0.1) is 20.2 Å². The van der Waals surface area contributed by atoms with Crippen molar-refractivity contribution < 1.29 is 19.3 Å². The van der Waals surface area contributed by atoms with E-state index in [0.29, 0.717) is 11.5 Å². The summed E-state index contributed by atoms with van der Waals surface area (Å²) in [4.78, 5) is 25.1. The summed E-state index contributed by atoms with van der Waals surface area (Å²) in [6.45, 7) is 0. The van der Waals surface area contributed by atoms with E-state index in [-0.39, 0.29) is 22.7 Å². The van der Waals surface area contributed by atoms with Crippen molar-refractivity contribution in [2.45, 2.75) is 0 Å². The van der Waals surface area contributed by atoms with E-state index in [1.165, 1.54) is 57.0 Å². The molecule has 2 aromatic rings. The molecule has 0 atom stereocenters. The molecule has 27 heavy (non-hydrogen) atoms. The summed E-state index contributed by atoms with van der Waals surface area (Å²) in [6.07, 6.45) is 4.22. The highest BCUT2D eigenvalue weighted by molar-refractivity contribution is 5.78. The number of allylic oxidation sites excluding steroid dienone is 1. The minimum atomic E-state index is -0.558. The molecule has 2 aromatic carbocycles. The molecule has 140 valence electrons. The number of methoxy groups -OCH3 is 2. The topological polar surface area (TPSA) is 129 Å². The number of aliphatic imine (C=N–C) groups is 1. The van der Waals surface area contributed by atoms with Crippen molar-refractivity contribution in [3.63, 3.8) is 0 Å². The minimum absolute atomic E-state index is 0.151. The van der Waals surface area contributed by atoms with Gasteiger partial charge in [0.1, 0.15) is 22.9 Å². The molecule has 0 fully saturated rings. The predicted octanol–water partition coefficient (Wildman–Crippen LogP) is 3.85. The molecule has 0 saturated carbocycles. The lowest BCUT2D eigenvalue weighted by Crippen LogP contribution is -1.96. The van der Waals surface area contributed by atoms with Crippen molar-refractivity contribution in [3.05, 3.63) is 68.9 Å². The number of anilines is 1. The standard InChI is InChI=1S/C17H16N4O6/c1-26-12-4-6-14(16(10-12)20(22)23)18-8-3-9-19-15-7-5-13(27-2)11-17(15)21(24)25/h3-11,18H,1-2H3. The lowest BCUT2D eigenvalue weighted by Gasteiger charge is -2.04. The van der Waals surface area contributed by atoms with Gasteiger partial charge in [0.25, 0.3) is 11.4 Å². The number of nitrogens with zero attached hydrogens (tertiary/aromatic N) is 3. The molecule has 0 unspecified atom stereocenters. The number of ether oxygens (including phenoxy) is 2. The molecule has 0 radical (unpaired) electrons. The van der Waals surface area contributed by atoms with Crippen molar-refractivity contribution in [2.24, 2.45) is 4.99 Å². The molecule has 2 rings (SSSR count). The van der Waals surface area contributed by atoms with E-state index in [1.807, 2.05) is 0 Å². The summed E-state index contributed by atoms with van der Waals surface area (Å²) >= 11 is 0. The van der Waals surface area contributed by atoms with Gasteiger partial charge in [-0.3, -0.25) is 20.2 Å². The Kier molecular flexibility index (Phi) is 6.42. The summed E-state index contributed by atoms with van der Waals surface area (Å²) in [7, 11) is 2.83. The third-order valence-electron chi connectivity index (χ3n) is 3.42. The number of rotatable bonds is 8. The van der Waals surface area contributed by atoms with Gasteiger partial charge in [0.15, 0.2) is 0 Å². The van der Waals surface area contributed by atoms with Gasteiger partial charge in [-0.25, -0.2) is 4.99 Å². The van der Waals surface area contributed by atoms with Crippen molar-refractivity contribution in [1.29, 1.82) is 0 Å². The van der Waals surface area contributed by atoms with Crippen LogP contribution in [0.15, 0.2) is 53.7 Å². The van der Waals surface area contributed by atoms with Gasteiger partial charge in [-0.05, 0) is 30.3 Å². The van der Waals surface area contributed by atoms with E-state index in [1.54, 1.807) is 12.1 Å².